The molecule has 2 amide bonds. The molecule has 0 aliphatic rings. The standard InChI is InChI=1S/C19H22N2O4/c1-24-15-7-5-6-14(12-15)10-11-20-18(22)13-19(23)21-16-8-3-4-9-17(16)25-2/h3-9,12H,10-11,13H2,1-2H3,(H,20,22)(H,21,23). The molecule has 0 aliphatic carbocycles. The molecular weight excluding hydrogens is 320 g/mol. The first-order valence-electron chi connectivity index (χ1n) is 7.95. The van der Waals surface area contributed by atoms with Crippen molar-refractivity contribution in [2.45, 2.75) is 12.8 Å². The molecule has 0 aliphatic heterocycles. The van der Waals surface area contributed by atoms with Crippen LogP contribution >= 0.6 is 0 Å². The fourth-order valence-electron chi connectivity index (χ4n) is 2.32. The third-order valence-corrected chi connectivity index (χ3v) is 3.57. The van der Waals surface area contributed by atoms with Crippen LogP contribution in [0.2, 0.25) is 0 Å². The predicted octanol–water partition coefficient (Wildman–Crippen LogP) is 2.39. The number of benzene rings is 2. The van der Waals surface area contributed by atoms with Gasteiger partial charge in [0.15, 0.2) is 0 Å². The van der Waals surface area contributed by atoms with Gasteiger partial charge in [0.2, 0.25) is 11.8 Å². The highest BCUT2D eigenvalue weighted by atomic mass is 16.5. The number of nitrogens with one attached hydrogen (secondary N) is 2. The molecule has 2 N–H and O–H groups in total. The minimum atomic E-state index is -0.386. The second kappa shape index (κ2) is 9.32. The van der Waals surface area contributed by atoms with Crippen LogP contribution in [0.4, 0.5) is 5.69 Å². The summed E-state index contributed by atoms with van der Waals surface area (Å²) in [6, 6.07) is 14.7. The fourth-order valence-corrected chi connectivity index (χ4v) is 2.32. The van der Waals surface area contributed by atoms with E-state index in [1.54, 1.807) is 31.4 Å². The Morgan fingerprint density at radius 1 is 0.960 bits per heavy atom. The molecule has 2 aromatic rings. The lowest BCUT2D eigenvalue weighted by atomic mass is 10.1. The maximum atomic E-state index is 12.0. The van der Waals surface area contributed by atoms with Crippen molar-refractivity contribution in [1.82, 2.24) is 5.32 Å². The molecule has 0 aromatic heterocycles. The van der Waals surface area contributed by atoms with Gasteiger partial charge in [-0.2, -0.15) is 0 Å². The Balaban J connectivity index is 1.76. The molecular formula is C19H22N2O4. The molecule has 25 heavy (non-hydrogen) atoms. The van der Waals surface area contributed by atoms with Crippen molar-refractivity contribution in [3.8, 4) is 11.5 Å². The molecule has 0 bridgehead atoms. The van der Waals surface area contributed by atoms with Crippen molar-refractivity contribution < 1.29 is 19.1 Å². The van der Waals surface area contributed by atoms with Gasteiger partial charge in [0, 0.05) is 6.54 Å². The Morgan fingerprint density at radius 3 is 2.52 bits per heavy atom. The van der Waals surface area contributed by atoms with Crippen LogP contribution in [0.5, 0.6) is 11.5 Å². The molecule has 132 valence electrons. The van der Waals surface area contributed by atoms with Crippen LogP contribution in [-0.4, -0.2) is 32.6 Å². The molecule has 2 rings (SSSR count). The summed E-state index contributed by atoms with van der Waals surface area (Å²) < 4.78 is 10.3. The smallest absolute Gasteiger partial charge is 0.233 e. The summed E-state index contributed by atoms with van der Waals surface area (Å²) in [7, 11) is 3.14. The van der Waals surface area contributed by atoms with Gasteiger partial charge in [-0.05, 0) is 36.2 Å². The van der Waals surface area contributed by atoms with Crippen molar-refractivity contribution in [1.29, 1.82) is 0 Å². The highest BCUT2D eigenvalue weighted by molar-refractivity contribution is 6.04. The van der Waals surface area contributed by atoms with E-state index in [1.165, 1.54) is 7.11 Å². The first kappa shape index (κ1) is 18.3. The number of hydrogen-bond acceptors (Lipinski definition) is 4. The zero-order valence-electron chi connectivity index (χ0n) is 14.4. The summed E-state index contributed by atoms with van der Waals surface area (Å²) in [6.45, 7) is 0.452. The van der Waals surface area contributed by atoms with E-state index in [9.17, 15) is 9.59 Å². The van der Waals surface area contributed by atoms with Gasteiger partial charge in [-0.15, -0.1) is 0 Å². The van der Waals surface area contributed by atoms with E-state index in [-0.39, 0.29) is 18.2 Å². The van der Waals surface area contributed by atoms with Gasteiger partial charge in [-0.1, -0.05) is 24.3 Å². The first-order valence-corrected chi connectivity index (χ1v) is 7.95. The highest BCUT2D eigenvalue weighted by Gasteiger charge is 2.11. The number of carbonyl (C=O) groups is 2. The lowest BCUT2D eigenvalue weighted by Gasteiger charge is -2.10. The number of anilines is 1. The molecule has 0 saturated carbocycles. The van der Waals surface area contributed by atoms with E-state index in [0.29, 0.717) is 24.4 Å². The van der Waals surface area contributed by atoms with Gasteiger partial charge in [-0.3, -0.25) is 9.59 Å². The van der Waals surface area contributed by atoms with Crippen LogP contribution in [0.3, 0.4) is 0 Å². The Bertz CT molecular complexity index is 731. The average Bonchev–Trinajstić information content (AvgIpc) is 2.62. The maximum absolute atomic E-state index is 12.0. The lowest BCUT2D eigenvalue weighted by Crippen LogP contribution is -2.29. The summed E-state index contributed by atoms with van der Waals surface area (Å²) in [5.74, 6) is 0.618. The SMILES string of the molecule is COc1cccc(CCNC(=O)CC(=O)Nc2ccccc2OC)c1. The van der Waals surface area contributed by atoms with Crippen molar-refractivity contribution in [3.05, 3.63) is 54.1 Å². The molecule has 6 heteroatoms. The monoisotopic (exact) mass is 342 g/mol. The molecule has 2 aromatic carbocycles. The van der Waals surface area contributed by atoms with Gasteiger partial charge < -0.3 is 20.1 Å². The quantitative estimate of drug-likeness (QED) is 0.722. The van der Waals surface area contributed by atoms with Crippen LogP contribution in [0.25, 0.3) is 0 Å². The molecule has 0 fully saturated rings. The number of para-hydroxylation sites is 2. The topological polar surface area (TPSA) is 76.7 Å². The van der Waals surface area contributed by atoms with Crippen LogP contribution < -0.4 is 20.1 Å². The molecule has 0 heterocycles. The molecule has 0 saturated heterocycles. The van der Waals surface area contributed by atoms with Crippen molar-refractivity contribution in [3.63, 3.8) is 0 Å². The zero-order valence-corrected chi connectivity index (χ0v) is 14.4. The van der Waals surface area contributed by atoms with E-state index >= 15 is 0 Å². The van der Waals surface area contributed by atoms with Crippen LogP contribution in [0, 0.1) is 0 Å². The molecule has 0 spiro atoms. The van der Waals surface area contributed by atoms with Crippen molar-refractivity contribution in [2.24, 2.45) is 0 Å². The number of rotatable bonds is 8. The lowest BCUT2D eigenvalue weighted by molar-refractivity contribution is -0.126. The van der Waals surface area contributed by atoms with Crippen molar-refractivity contribution in [2.75, 3.05) is 26.1 Å². The third kappa shape index (κ3) is 5.84. The third-order valence-electron chi connectivity index (χ3n) is 3.57. The summed E-state index contributed by atoms with van der Waals surface area (Å²) >= 11 is 0. The Morgan fingerprint density at radius 2 is 1.76 bits per heavy atom. The van der Waals surface area contributed by atoms with E-state index in [4.69, 9.17) is 9.47 Å². The minimum Gasteiger partial charge on any atom is -0.497 e. The molecule has 0 unspecified atom stereocenters. The largest absolute Gasteiger partial charge is 0.497 e. The average molecular weight is 342 g/mol. The Hall–Kier alpha value is -3.02. The number of methoxy groups -OCH3 is 2. The zero-order chi connectivity index (χ0) is 18.1. The van der Waals surface area contributed by atoms with Crippen LogP contribution in [0.1, 0.15) is 12.0 Å². The molecule has 0 atom stereocenters. The predicted molar refractivity (Wildman–Crippen MR) is 95.9 cm³/mol. The van der Waals surface area contributed by atoms with Gasteiger partial charge in [0.05, 0.1) is 19.9 Å². The molecule has 0 radical (unpaired) electrons. The fraction of sp³-hybridized carbons (Fsp3) is 0.263. The van der Waals surface area contributed by atoms with Crippen molar-refractivity contribution >= 4 is 17.5 Å². The Kier molecular flexibility index (Phi) is 6.83. The number of hydrogen-bond donors (Lipinski definition) is 2. The minimum absolute atomic E-state index is 0.240. The van der Waals surface area contributed by atoms with E-state index in [2.05, 4.69) is 10.6 Å². The van der Waals surface area contributed by atoms with Crippen LogP contribution in [-0.2, 0) is 16.0 Å². The normalized spacial score (nSPS) is 10.0. The second-order valence-corrected chi connectivity index (χ2v) is 5.38. The van der Waals surface area contributed by atoms with Gasteiger partial charge in [0.1, 0.15) is 17.9 Å². The van der Waals surface area contributed by atoms with Gasteiger partial charge >= 0.3 is 0 Å². The van der Waals surface area contributed by atoms with E-state index < -0.39 is 0 Å². The van der Waals surface area contributed by atoms with Gasteiger partial charge in [0.25, 0.3) is 0 Å². The number of amides is 2. The summed E-state index contributed by atoms with van der Waals surface area (Å²) in [5.41, 5.74) is 1.59. The van der Waals surface area contributed by atoms with Crippen LogP contribution in [0.15, 0.2) is 48.5 Å². The highest BCUT2D eigenvalue weighted by Crippen LogP contribution is 2.22. The summed E-state index contributed by atoms with van der Waals surface area (Å²) in [5, 5.41) is 5.42. The number of carbonyl (C=O) groups excluding carboxylic acids is 2. The van der Waals surface area contributed by atoms with E-state index in [0.717, 1.165) is 11.3 Å². The maximum Gasteiger partial charge on any atom is 0.233 e. The summed E-state index contributed by atoms with van der Waals surface area (Å²) in [4.78, 5) is 23.8. The number of ether oxygens (including phenoxy) is 2. The summed E-state index contributed by atoms with van der Waals surface area (Å²) in [6.07, 6.45) is 0.424. The molecule has 6 nitrogen and oxygen atoms in total. The first-order chi connectivity index (χ1) is 12.1. The second-order valence-electron chi connectivity index (χ2n) is 5.38. The van der Waals surface area contributed by atoms with E-state index in [1.807, 2.05) is 24.3 Å². The Labute approximate surface area is 147 Å². The van der Waals surface area contributed by atoms with Gasteiger partial charge in [-0.25, -0.2) is 0 Å².